The van der Waals surface area contributed by atoms with Crippen molar-refractivity contribution in [3.8, 4) is 0 Å². The Kier molecular flexibility index (Phi) is 10.6. The van der Waals surface area contributed by atoms with Crippen molar-refractivity contribution >= 4 is 21.1 Å². The quantitative estimate of drug-likeness (QED) is 0.477. The number of hydrogen-bond acceptors (Lipinski definition) is 0. The molecule has 60 valence electrons. The first-order chi connectivity index (χ1) is 4.91. The molecule has 0 aliphatic rings. The molecule has 1 heteroatoms. The van der Waals surface area contributed by atoms with Crippen LogP contribution in [0.25, 0.3) is 0 Å². The van der Waals surface area contributed by atoms with Gasteiger partial charge in [-0.15, -0.1) is 0 Å². The van der Waals surface area contributed by atoms with Crippen molar-refractivity contribution in [1.29, 1.82) is 0 Å². The summed E-state index contributed by atoms with van der Waals surface area (Å²) in [5, 5.41) is 0. The van der Waals surface area contributed by atoms with Crippen molar-refractivity contribution in [1.82, 2.24) is 0 Å². The molecule has 0 aliphatic carbocycles. The SMILES string of the molecule is CCCCCCC[CH2][Sn][CH3]. The van der Waals surface area contributed by atoms with Gasteiger partial charge >= 0.3 is 76.0 Å². The minimum atomic E-state index is 0.152. The third-order valence-corrected chi connectivity index (χ3v) is 4.22. The van der Waals surface area contributed by atoms with E-state index in [2.05, 4.69) is 11.9 Å². The minimum absolute atomic E-state index is 0.152. The molecule has 0 atom stereocenters. The van der Waals surface area contributed by atoms with Crippen LogP contribution in [0.4, 0.5) is 0 Å². The summed E-state index contributed by atoms with van der Waals surface area (Å²) in [5.41, 5.74) is 0. The Labute approximate surface area is 76.0 Å². The maximum absolute atomic E-state index is 2.44. The maximum atomic E-state index is 2.44. The number of rotatable bonds is 7. The molecule has 0 saturated carbocycles. The zero-order valence-corrected chi connectivity index (χ0v) is 10.3. The Morgan fingerprint density at radius 2 is 1.50 bits per heavy atom. The number of unbranched alkanes of at least 4 members (excludes halogenated alkanes) is 5. The Bertz CT molecular complexity index is 44.7. The Morgan fingerprint density at radius 1 is 0.900 bits per heavy atom. The molecule has 0 rings (SSSR count). The Balaban J connectivity index is 2.65. The standard InChI is InChI=1S/C8H17.CH3.Sn/c1-3-5-7-8-6-4-2;;/h1,3-8H2,2H3;1H3;. The van der Waals surface area contributed by atoms with Gasteiger partial charge in [0.1, 0.15) is 0 Å². The Hall–Kier alpha value is 0.799. The molecule has 0 N–H and O–H groups in total. The summed E-state index contributed by atoms with van der Waals surface area (Å²) in [6, 6.07) is 0. The van der Waals surface area contributed by atoms with Crippen molar-refractivity contribution in [2.75, 3.05) is 0 Å². The van der Waals surface area contributed by atoms with Crippen molar-refractivity contribution in [3.05, 3.63) is 0 Å². The van der Waals surface area contributed by atoms with Crippen LogP contribution in [-0.2, 0) is 0 Å². The van der Waals surface area contributed by atoms with Gasteiger partial charge < -0.3 is 0 Å². The van der Waals surface area contributed by atoms with E-state index in [1.54, 1.807) is 4.44 Å². The average molecular weight is 247 g/mol. The van der Waals surface area contributed by atoms with Gasteiger partial charge in [0, 0.05) is 0 Å². The van der Waals surface area contributed by atoms with Crippen LogP contribution in [0.2, 0.25) is 9.38 Å². The molecular weight excluding hydrogens is 227 g/mol. The molecule has 0 nitrogen and oxygen atoms in total. The number of hydrogen-bond donors (Lipinski definition) is 0. The first-order valence-electron chi connectivity index (χ1n) is 4.56. The average Bonchev–Trinajstić information content (AvgIpc) is 1.97. The van der Waals surface area contributed by atoms with Crippen LogP contribution < -0.4 is 0 Å². The second-order valence-corrected chi connectivity index (χ2v) is 6.32. The van der Waals surface area contributed by atoms with E-state index < -0.39 is 0 Å². The zero-order chi connectivity index (χ0) is 7.66. The van der Waals surface area contributed by atoms with Gasteiger partial charge in [-0.3, -0.25) is 0 Å². The monoisotopic (exact) mass is 248 g/mol. The molecule has 0 unspecified atom stereocenters. The van der Waals surface area contributed by atoms with Crippen molar-refractivity contribution < 1.29 is 0 Å². The first kappa shape index (κ1) is 10.8. The molecule has 0 aromatic heterocycles. The third-order valence-electron chi connectivity index (χ3n) is 1.78. The van der Waals surface area contributed by atoms with Crippen LogP contribution >= 0.6 is 0 Å². The summed E-state index contributed by atoms with van der Waals surface area (Å²) >= 11 is 0.152. The Morgan fingerprint density at radius 3 is 2.10 bits per heavy atom. The summed E-state index contributed by atoms with van der Waals surface area (Å²) in [4.78, 5) is 2.44. The predicted octanol–water partition coefficient (Wildman–Crippen LogP) is 3.52. The van der Waals surface area contributed by atoms with Crippen molar-refractivity contribution in [2.45, 2.75) is 54.8 Å². The molecule has 0 aliphatic heterocycles. The van der Waals surface area contributed by atoms with E-state index in [9.17, 15) is 0 Å². The summed E-state index contributed by atoms with van der Waals surface area (Å²) < 4.78 is 1.61. The summed E-state index contributed by atoms with van der Waals surface area (Å²) in [6.07, 6.45) is 8.84. The molecular formula is C9H20Sn. The van der Waals surface area contributed by atoms with Crippen molar-refractivity contribution in [3.63, 3.8) is 0 Å². The van der Waals surface area contributed by atoms with Gasteiger partial charge in [0.15, 0.2) is 0 Å². The van der Waals surface area contributed by atoms with E-state index in [4.69, 9.17) is 0 Å². The molecule has 0 saturated heterocycles. The van der Waals surface area contributed by atoms with Crippen molar-refractivity contribution in [2.24, 2.45) is 0 Å². The van der Waals surface area contributed by atoms with Gasteiger partial charge in [-0.25, -0.2) is 0 Å². The normalized spacial score (nSPS) is 10.2. The van der Waals surface area contributed by atoms with E-state index in [1.807, 2.05) is 0 Å². The van der Waals surface area contributed by atoms with E-state index in [1.165, 1.54) is 38.5 Å². The molecule has 0 aromatic carbocycles. The fraction of sp³-hybridized carbons (Fsp3) is 1.00. The van der Waals surface area contributed by atoms with Crippen LogP contribution in [0, 0.1) is 0 Å². The van der Waals surface area contributed by atoms with E-state index in [0.29, 0.717) is 0 Å². The molecule has 0 amide bonds. The van der Waals surface area contributed by atoms with Gasteiger partial charge in [0.25, 0.3) is 0 Å². The fourth-order valence-corrected chi connectivity index (χ4v) is 2.80. The van der Waals surface area contributed by atoms with Crippen LogP contribution in [-0.4, -0.2) is 21.1 Å². The molecule has 0 spiro atoms. The molecule has 0 aromatic rings. The van der Waals surface area contributed by atoms with Gasteiger partial charge in [0.2, 0.25) is 0 Å². The zero-order valence-electron chi connectivity index (χ0n) is 7.45. The molecule has 0 fully saturated rings. The first-order valence-corrected chi connectivity index (χ1v) is 9.43. The van der Waals surface area contributed by atoms with Gasteiger partial charge in [-0.2, -0.15) is 0 Å². The molecule has 0 bridgehead atoms. The summed E-state index contributed by atoms with van der Waals surface area (Å²) in [5.74, 6) is 0. The van der Waals surface area contributed by atoms with Crippen LogP contribution in [0.3, 0.4) is 0 Å². The van der Waals surface area contributed by atoms with Gasteiger partial charge in [0.05, 0.1) is 0 Å². The van der Waals surface area contributed by atoms with E-state index in [0.717, 1.165) is 0 Å². The van der Waals surface area contributed by atoms with Gasteiger partial charge in [-0.1, -0.05) is 0 Å². The topological polar surface area (TPSA) is 0 Å². The van der Waals surface area contributed by atoms with Crippen LogP contribution in [0.5, 0.6) is 0 Å². The predicted molar refractivity (Wildman–Crippen MR) is 49.8 cm³/mol. The summed E-state index contributed by atoms with van der Waals surface area (Å²) in [7, 11) is 0. The molecule has 2 radical (unpaired) electrons. The van der Waals surface area contributed by atoms with Gasteiger partial charge in [-0.05, 0) is 0 Å². The second-order valence-electron chi connectivity index (χ2n) is 2.87. The second kappa shape index (κ2) is 9.80. The molecule has 10 heavy (non-hydrogen) atoms. The molecule has 0 heterocycles. The summed E-state index contributed by atoms with van der Waals surface area (Å²) in [6.45, 7) is 2.28. The van der Waals surface area contributed by atoms with Crippen LogP contribution in [0.15, 0.2) is 0 Å². The van der Waals surface area contributed by atoms with Crippen LogP contribution in [0.1, 0.15) is 45.4 Å². The van der Waals surface area contributed by atoms with E-state index in [-0.39, 0.29) is 21.1 Å². The fourth-order valence-electron chi connectivity index (χ4n) is 1.08. The van der Waals surface area contributed by atoms with E-state index >= 15 is 0 Å². The third kappa shape index (κ3) is 8.80.